The molecule has 3 rings (SSSR count). The van der Waals surface area contributed by atoms with E-state index in [0.29, 0.717) is 49.0 Å². The fraction of sp³-hybridized carbons (Fsp3) is 0. The third kappa shape index (κ3) is 1.30. The Morgan fingerprint density at radius 3 is 2.57 bits per heavy atom. The summed E-state index contributed by atoms with van der Waals surface area (Å²) in [5.41, 5.74) is 2.02. The summed E-state index contributed by atoms with van der Waals surface area (Å²) < 4.78 is 7.22. The Hall–Kier alpha value is -0.124. The quantitative estimate of drug-likeness (QED) is 0.515. The molecule has 0 amide bonds. The van der Waals surface area contributed by atoms with Crippen molar-refractivity contribution in [2.24, 2.45) is 0 Å². The molecule has 1 nitrogen and oxygen atoms in total. The Balaban J connectivity index is 2.65. The van der Waals surface area contributed by atoms with Crippen LogP contribution >= 0.6 is 0 Å². The molecule has 0 unspecified atom stereocenters. The van der Waals surface area contributed by atoms with Crippen molar-refractivity contribution in [3.63, 3.8) is 0 Å². The van der Waals surface area contributed by atoms with E-state index in [1.165, 1.54) is 10.4 Å². The Morgan fingerprint density at radius 2 is 1.64 bits per heavy atom. The molecule has 14 heavy (non-hydrogen) atoms. The van der Waals surface area contributed by atoms with E-state index in [2.05, 4.69) is 24.3 Å². The average Bonchev–Trinajstić information content (AvgIpc) is 2.57. The molecule has 0 aliphatic carbocycles. The number of para-hydroxylation sites is 1. The first-order valence-corrected chi connectivity index (χ1v) is 6.29. The molecule has 0 bridgehead atoms. The van der Waals surface area contributed by atoms with Gasteiger partial charge in [-0.05, 0) is 0 Å². The van der Waals surface area contributed by atoms with Crippen molar-refractivity contribution >= 4 is 70.6 Å². The number of benzene rings is 2. The van der Waals surface area contributed by atoms with E-state index in [1.54, 1.807) is 0 Å². The number of furan rings is 1. The molecule has 3 aromatic rings. The van der Waals surface area contributed by atoms with Crippen LogP contribution in [0, 0.1) is 0 Å². The molecule has 2 aromatic carbocycles. The standard InChI is InChI=1S/C12H7O.K/c1-3-7-11-9(5-1)10-6-2-4-8-12(10)13-11;/h1-5,7-8H;. The fourth-order valence-corrected chi connectivity index (χ4v) is 3.06. The van der Waals surface area contributed by atoms with Gasteiger partial charge >= 0.3 is 117 Å². The minimum absolute atomic E-state index is 0.694. The number of hydrogen-bond donors (Lipinski definition) is 0. The van der Waals surface area contributed by atoms with Crippen molar-refractivity contribution < 1.29 is 4.42 Å². The van der Waals surface area contributed by atoms with E-state index in [0.717, 1.165) is 11.2 Å². The summed E-state index contributed by atoms with van der Waals surface area (Å²) >= 11 is 0.694. The zero-order valence-electron chi connectivity index (χ0n) is 7.95. The maximum atomic E-state index is 5.76. The van der Waals surface area contributed by atoms with Crippen LogP contribution < -0.4 is -0.342 Å². The van der Waals surface area contributed by atoms with Crippen LogP contribution in [0.5, 0.6) is 0 Å². The van der Waals surface area contributed by atoms with Crippen LogP contribution in [-0.4, -0.2) is 49.0 Å². The number of rotatable bonds is 0. The Kier molecular flexibility index (Phi) is 2.26. The van der Waals surface area contributed by atoms with Gasteiger partial charge in [-0.1, -0.05) is 0 Å². The molecule has 0 spiro atoms. The van der Waals surface area contributed by atoms with Gasteiger partial charge in [0.25, 0.3) is 0 Å². The molecule has 0 aliphatic heterocycles. The third-order valence-electron chi connectivity index (χ3n) is 2.61. The van der Waals surface area contributed by atoms with Gasteiger partial charge in [0.1, 0.15) is 0 Å². The Bertz CT molecular complexity index is 610. The van der Waals surface area contributed by atoms with Gasteiger partial charge in [0, 0.05) is 0 Å². The van der Waals surface area contributed by atoms with Gasteiger partial charge in [-0.2, -0.15) is 0 Å². The second-order valence-electron chi connectivity index (χ2n) is 3.55. The minimum atomic E-state index is 0.694. The first kappa shape index (κ1) is 9.13. The van der Waals surface area contributed by atoms with Crippen LogP contribution in [0.3, 0.4) is 0 Å². The van der Waals surface area contributed by atoms with Gasteiger partial charge < -0.3 is 0 Å². The summed E-state index contributed by atoms with van der Waals surface area (Å²) in [5.74, 6) is 0. The predicted octanol–water partition coefficient (Wildman–Crippen LogP) is 2.38. The molecule has 0 saturated heterocycles. The van der Waals surface area contributed by atoms with Crippen LogP contribution in [0.25, 0.3) is 21.9 Å². The number of hydrogen-bond acceptors (Lipinski definition) is 1. The molecule has 1 heterocycles. The van der Waals surface area contributed by atoms with E-state index in [9.17, 15) is 0 Å². The predicted molar refractivity (Wildman–Crippen MR) is 59.1 cm³/mol. The molecule has 62 valence electrons. The summed E-state index contributed by atoms with van der Waals surface area (Å²) in [6.07, 6.45) is 0. The monoisotopic (exact) mass is 206 g/mol. The van der Waals surface area contributed by atoms with E-state index < -0.39 is 0 Å². The van der Waals surface area contributed by atoms with Crippen molar-refractivity contribution in [3.8, 4) is 0 Å². The topological polar surface area (TPSA) is 13.1 Å². The van der Waals surface area contributed by atoms with Crippen LogP contribution in [-0.2, 0) is 0 Å². The van der Waals surface area contributed by atoms with Crippen molar-refractivity contribution in [2.75, 3.05) is 0 Å². The summed E-state index contributed by atoms with van der Waals surface area (Å²) in [5, 5.41) is 2.58. The van der Waals surface area contributed by atoms with Crippen LogP contribution in [0.2, 0.25) is 0 Å². The Labute approximate surface area is 116 Å². The third-order valence-corrected chi connectivity index (χ3v) is 3.91. The van der Waals surface area contributed by atoms with Crippen molar-refractivity contribution in [1.82, 2.24) is 0 Å². The van der Waals surface area contributed by atoms with Gasteiger partial charge in [-0.3, -0.25) is 0 Å². The Morgan fingerprint density at radius 1 is 0.857 bits per heavy atom. The second kappa shape index (κ2) is 3.47. The number of fused-ring (bicyclic) bond motifs is 3. The van der Waals surface area contributed by atoms with Crippen molar-refractivity contribution in [2.45, 2.75) is 0 Å². The van der Waals surface area contributed by atoms with E-state index in [1.807, 2.05) is 18.2 Å². The molecule has 0 atom stereocenters. The average molecular weight is 206 g/mol. The van der Waals surface area contributed by atoms with E-state index in [4.69, 9.17) is 4.42 Å². The molecule has 0 fully saturated rings. The molecule has 0 radical (unpaired) electrons. The first-order chi connectivity index (χ1) is 6.86. The zero-order chi connectivity index (χ0) is 9.54. The summed E-state index contributed by atoms with van der Waals surface area (Å²) in [6, 6.07) is 14.6. The van der Waals surface area contributed by atoms with Gasteiger partial charge in [0.2, 0.25) is 0 Å². The molecular weight excluding hydrogens is 199 g/mol. The first-order valence-electron chi connectivity index (χ1n) is 4.73. The molecular formula is C12H7KO. The molecule has 0 N–H and O–H groups in total. The normalized spacial score (nSPS) is 11.3. The van der Waals surface area contributed by atoms with Gasteiger partial charge in [-0.15, -0.1) is 0 Å². The van der Waals surface area contributed by atoms with Crippen LogP contribution in [0.15, 0.2) is 46.9 Å². The van der Waals surface area contributed by atoms with Gasteiger partial charge in [-0.25, -0.2) is 0 Å². The van der Waals surface area contributed by atoms with Crippen LogP contribution in [0.1, 0.15) is 0 Å². The van der Waals surface area contributed by atoms with Crippen LogP contribution in [0.4, 0.5) is 0 Å². The fourth-order valence-electron chi connectivity index (χ4n) is 1.95. The molecule has 1 aromatic heterocycles. The van der Waals surface area contributed by atoms with E-state index in [-0.39, 0.29) is 0 Å². The summed E-state index contributed by atoms with van der Waals surface area (Å²) in [7, 11) is 0. The molecule has 2 heteroatoms. The molecule has 0 saturated carbocycles. The van der Waals surface area contributed by atoms with Crippen molar-refractivity contribution in [3.05, 3.63) is 42.5 Å². The SMILES string of the molecule is [K][c]1cccc2oc3ccccc3c12. The summed E-state index contributed by atoms with van der Waals surface area (Å²) in [4.78, 5) is 0. The maximum absolute atomic E-state index is 5.76. The van der Waals surface area contributed by atoms with Crippen molar-refractivity contribution in [1.29, 1.82) is 0 Å². The van der Waals surface area contributed by atoms with Gasteiger partial charge in [0.15, 0.2) is 0 Å². The van der Waals surface area contributed by atoms with Gasteiger partial charge in [0.05, 0.1) is 0 Å². The zero-order valence-corrected chi connectivity index (χ0v) is 11.1. The second-order valence-corrected chi connectivity index (χ2v) is 5.23. The van der Waals surface area contributed by atoms with E-state index >= 15 is 0 Å². The summed E-state index contributed by atoms with van der Waals surface area (Å²) in [6.45, 7) is 0. The molecule has 0 aliphatic rings.